The fraction of sp³-hybridized carbons (Fsp3) is 0.579. The second-order valence-corrected chi connectivity index (χ2v) is 7.85. The van der Waals surface area contributed by atoms with Crippen molar-refractivity contribution in [1.29, 1.82) is 0 Å². The van der Waals surface area contributed by atoms with Crippen LogP contribution in [0.1, 0.15) is 38.5 Å². The Hall–Kier alpha value is -4.48. The molecule has 0 spiro atoms. The Morgan fingerprint density at radius 3 is 1.68 bits per heavy atom. The molecule has 0 bridgehead atoms. The average Bonchev–Trinajstić information content (AvgIpc) is 2.76. The van der Waals surface area contributed by atoms with Gasteiger partial charge in [0.2, 0.25) is 29.5 Å². The summed E-state index contributed by atoms with van der Waals surface area (Å²) < 4.78 is 0. The van der Waals surface area contributed by atoms with Crippen molar-refractivity contribution in [1.82, 2.24) is 16.0 Å². The molecule has 0 aliphatic carbocycles. The molecule has 4 atom stereocenters. The summed E-state index contributed by atoms with van der Waals surface area (Å²) in [5.74, 6) is -8.24. The molecular formula is C19H33N9O9. The normalized spacial score (nSPS) is 13.6. The number of aliphatic imine (C=N–C) groups is 1. The molecule has 15 N–H and O–H groups in total. The lowest BCUT2D eigenvalue weighted by molar-refractivity contribution is -0.144. The predicted molar refractivity (Wildman–Crippen MR) is 126 cm³/mol. The number of aliphatic carboxylic acids is 2. The molecule has 0 fully saturated rings. The molecule has 18 heteroatoms. The van der Waals surface area contributed by atoms with Crippen LogP contribution in [0.3, 0.4) is 0 Å². The molecule has 0 radical (unpaired) electrons. The molecule has 0 saturated heterocycles. The number of nitrogens with zero attached hydrogens (tertiary/aromatic N) is 1. The van der Waals surface area contributed by atoms with E-state index in [0.29, 0.717) is 6.42 Å². The minimum absolute atomic E-state index is 0.105. The zero-order valence-electron chi connectivity index (χ0n) is 19.8. The van der Waals surface area contributed by atoms with Gasteiger partial charge in [-0.1, -0.05) is 0 Å². The van der Waals surface area contributed by atoms with Gasteiger partial charge in [-0.2, -0.15) is 0 Å². The van der Waals surface area contributed by atoms with E-state index in [9.17, 15) is 33.6 Å². The van der Waals surface area contributed by atoms with Crippen molar-refractivity contribution in [2.24, 2.45) is 33.7 Å². The van der Waals surface area contributed by atoms with Gasteiger partial charge in [0.25, 0.3) is 0 Å². The number of carbonyl (C=O) groups excluding carboxylic acids is 5. The third-order valence-electron chi connectivity index (χ3n) is 4.64. The molecule has 5 amide bonds. The minimum atomic E-state index is -1.76. The molecule has 4 unspecified atom stereocenters. The van der Waals surface area contributed by atoms with Gasteiger partial charge in [0.1, 0.15) is 18.1 Å². The zero-order valence-corrected chi connectivity index (χ0v) is 19.8. The zero-order chi connectivity index (χ0) is 28.7. The van der Waals surface area contributed by atoms with Crippen molar-refractivity contribution < 1.29 is 43.8 Å². The number of hydrogen-bond acceptors (Lipinski definition) is 9. The summed E-state index contributed by atoms with van der Waals surface area (Å²) in [5, 5.41) is 24.5. The molecule has 0 aliphatic rings. The lowest BCUT2D eigenvalue weighted by Gasteiger charge is -2.24. The topological polar surface area (TPSA) is 338 Å². The lowest BCUT2D eigenvalue weighted by atomic mass is 10.1. The lowest BCUT2D eigenvalue weighted by Crippen LogP contribution is -2.58. The number of hydrogen-bond donors (Lipinski definition) is 10. The van der Waals surface area contributed by atoms with E-state index in [4.69, 9.17) is 38.9 Å². The number of nitrogens with two attached hydrogens (primary N) is 5. The summed E-state index contributed by atoms with van der Waals surface area (Å²) in [6.07, 6.45) is -2.19. The summed E-state index contributed by atoms with van der Waals surface area (Å²) >= 11 is 0. The number of guanidine groups is 1. The van der Waals surface area contributed by atoms with Crippen molar-refractivity contribution in [2.75, 3.05) is 6.54 Å². The van der Waals surface area contributed by atoms with Crippen LogP contribution in [0, 0.1) is 0 Å². The monoisotopic (exact) mass is 531 g/mol. The van der Waals surface area contributed by atoms with E-state index in [1.165, 1.54) is 0 Å². The number of amides is 5. The summed E-state index contributed by atoms with van der Waals surface area (Å²) in [4.78, 5) is 86.3. The quantitative estimate of drug-likeness (QED) is 0.0449. The van der Waals surface area contributed by atoms with E-state index < -0.39 is 91.3 Å². The average molecular weight is 532 g/mol. The fourth-order valence-electron chi connectivity index (χ4n) is 2.82. The third kappa shape index (κ3) is 14.5. The van der Waals surface area contributed by atoms with Gasteiger partial charge in [0.05, 0.1) is 18.9 Å². The third-order valence-corrected chi connectivity index (χ3v) is 4.64. The SMILES string of the molecule is NC(=O)CC(NC(=O)C(CCC(=O)O)NC(=O)C(CC(N)=O)NC(=O)C(N)CCCN=C(N)N)C(=O)O. The summed E-state index contributed by atoms with van der Waals surface area (Å²) in [5.41, 5.74) is 26.3. The van der Waals surface area contributed by atoms with Gasteiger partial charge in [-0.15, -0.1) is 0 Å². The molecule has 18 nitrogen and oxygen atoms in total. The second kappa shape index (κ2) is 16.2. The fourth-order valence-corrected chi connectivity index (χ4v) is 2.82. The number of primary amides is 2. The first-order valence-electron chi connectivity index (χ1n) is 10.9. The van der Waals surface area contributed by atoms with Crippen LogP contribution in [-0.4, -0.2) is 88.4 Å². The van der Waals surface area contributed by atoms with Crippen LogP contribution in [0.5, 0.6) is 0 Å². The Morgan fingerprint density at radius 2 is 1.19 bits per heavy atom. The van der Waals surface area contributed by atoms with Crippen LogP contribution in [0.2, 0.25) is 0 Å². The first kappa shape index (κ1) is 32.5. The Bertz CT molecular complexity index is 905. The minimum Gasteiger partial charge on any atom is -0.481 e. The highest BCUT2D eigenvalue weighted by Gasteiger charge is 2.31. The molecular weight excluding hydrogens is 498 g/mol. The van der Waals surface area contributed by atoms with Gasteiger partial charge in [-0.25, -0.2) is 4.79 Å². The van der Waals surface area contributed by atoms with Gasteiger partial charge in [-0.05, 0) is 19.3 Å². The first-order valence-corrected chi connectivity index (χ1v) is 10.9. The Morgan fingerprint density at radius 1 is 0.703 bits per heavy atom. The molecule has 0 rings (SSSR count). The highest BCUT2D eigenvalue weighted by molar-refractivity contribution is 5.96. The van der Waals surface area contributed by atoms with Gasteiger partial charge in [0, 0.05) is 13.0 Å². The molecule has 0 aromatic heterocycles. The maximum Gasteiger partial charge on any atom is 0.326 e. The number of carbonyl (C=O) groups is 7. The molecule has 208 valence electrons. The van der Waals surface area contributed by atoms with E-state index in [1.807, 2.05) is 5.32 Å². The first-order chi connectivity index (χ1) is 17.1. The van der Waals surface area contributed by atoms with Crippen LogP contribution in [0.4, 0.5) is 0 Å². The van der Waals surface area contributed by atoms with Crippen LogP contribution in [0.25, 0.3) is 0 Å². The Labute approximate surface area is 210 Å². The van der Waals surface area contributed by atoms with Crippen LogP contribution >= 0.6 is 0 Å². The molecule has 0 aromatic carbocycles. The van der Waals surface area contributed by atoms with Crippen molar-refractivity contribution in [3.8, 4) is 0 Å². The van der Waals surface area contributed by atoms with Gasteiger partial charge < -0.3 is 54.8 Å². The highest BCUT2D eigenvalue weighted by Crippen LogP contribution is 2.04. The van der Waals surface area contributed by atoms with Crippen LogP contribution < -0.4 is 44.6 Å². The number of rotatable bonds is 18. The van der Waals surface area contributed by atoms with E-state index in [1.54, 1.807) is 0 Å². The Kier molecular flexibility index (Phi) is 14.3. The maximum atomic E-state index is 12.8. The molecule has 0 aromatic rings. The van der Waals surface area contributed by atoms with Crippen molar-refractivity contribution >= 4 is 47.4 Å². The number of carboxylic acid groups (broad SMARTS) is 2. The van der Waals surface area contributed by atoms with Crippen molar-refractivity contribution in [3.63, 3.8) is 0 Å². The van der Waals surface area contributed by atoms with Gasteiger partial charge >= 0.3 is 11.9 Å². The second-order valence-electron chi connectivity index (χ2n) is 7.85. The highest BCUT2D eigenvalue weighted by atomic mass is 16.4. The molecule has 37 heavy (non-hydrogen) atoms. The summed E-state index contributed by atoms with van der Waals surface area (Å²) in [6.45, 7) is 0.183. The van der Waals surface area contributed by atoms with Crippen molar-refractivity contribution in [2.45, 2.75) is 62.7 Å². The summed E-state index contributed by atoms with van der Waals surface area (Å²) in [6, 6.07) is -6.12. The Balaban J connectivity index is 5.52. The number of nitrogens with one attached hydrogen (secondary N) is 3. The van der Waals surface area contributed by atoms with Crippen LogP contribution in [-0.2, 0) is 33.6 Å². The van der Waals surface area contributed by atoms with E-state index in [2.05, 4.69) is 15.6 Å². The van der Waals surface area contributed by atoms with E-state index in [0.717, 1.165) is 0 Å². The summed E-state index contributed by atoms with van der Waals surface area (Å²) in [7, 11) is 0. The molecule has 0 aliphatic heterocycles. The maximum absolute atomic E-state index is 12.8. The predicted octanol–water partition coefficient (Wildman–Crippen LogP) is -5.48. The van der Waals surface area contributed by atoms with Gasteiger partial charge in [-0.3, -0.25) is 33.8 Å². The molecule has 0 saturated carbocycles. The molecule has 0 heterocycles. The largest absolute Gasteiger partial charge is 0.481 e. The number of carboxylic acids is 2. The van der Waals surface area contributed by atoms with Crippen molar-refractivity contribution in [3.05, 3.63) is 0 Å². The smallest absolute Gasteiger partial charge is 0.326 e. The van der Waals surface area contributed by atoms with Crippen LogP contribution in [0.15, 0.2) is 4.99 Å². The van der Waals surface area contributed by atoms with Gasteiger partial charge in [0.15, 0.2) is 5.96 Å². The standard InChI is InChI=1S/C19H33N9O9/c20-8(2-1-5-25-19(23)24)15(33)27-10(6-12(21)29)17(35)26-9(3-4-14(31)32)16(34)28-11(18(36)37)7-13(22)30/h8-11H,1-7,20H2,(H2,21,29)(H2,22,30)(H,26,35)(H,27,33)(H,28,34)(H,31,32)(H,36,37)(H4,23,24,25). The van der Waals surface area contributed by atoms with E-state index in [-0.39, 0.29) is 18.9 Å². The van der Waals surface area contributed by atoms with E-state index >= 15 is 0 Å².